The first-order valence-corrected chi connectivity index (χ1v) is 11.8. The molecular formula is C30H25F3O5. The second kappa shape index (κ2) is 11.3. The SMILES string of the molecule is Cc1cc(Oc2ccc(CCC(=O)O)c(C)c2)cc(Oc2ccc(C(F)(F)F)cc2Oc2ccccc2)c1. The van der Waals surface area contributed by atoms with Crippen LogP contribution in [0.15, 0.2) is 84.9 Å². The van der Waals surface area contributed by atoms with Gasteiger partial charge in [0.25, 0.3) is 0 Å². The van der Waals surface area contributed by atoms with Crippen molar-refractivity contribution in [1.82, 2.24) is 0 Å². The number of aryl methyl sites for hydroxylation is 3. The van der Waals surface area contributed by atoms with Crippen LogP contribution in [0.5, 0.6) is 34.5 Å². The minimum atomic E-state index is -4.54. The van der Waals surface area contributed by atoms with Gasteiger partial charge in [0.05, 0.1) is 5.56 Å². The first-order valence-electron chi connectivity index (χ1n) is 11.8. The van der Waals surface area contributed by atoms with Crippen LogP contribution < -0.4 is 14.2 Å². The first kappa shape index (κ1) is 26.6. The fraction of sp³-hybridized carbons (Fsp3) is 0.167. The number of hydrogen-bond donors (Lipinski definition) is 1. The summed E-state index contributed by atoms with van der Waals surface area (Å²) in [7, 11) is 0. The van der Waals surface area contributed by atoms with Crippen molar-refractivity contribution in [2.24, 2.45) is 0 Å². The standard InChI is InChI=1S/C30H25F3O5/c1-19-14-25(36-24-11-8-21(20(2)16-24)9-13-29(34)35)18-26(15-19)38-27-12-10-22(30(31,32)33)17-28(27)37-23-6-4-3-5-7-23/h3-8,10-12,14-18H,9,13H2,1-2H3,(H,34,35). The second-order valence-electron chi connectivity index (χ2n) is 8.74. The number of alkyl halides is 3. The average Bonchev–Trinajstić information content (AvgIpc) is 2.84. The molecule has 8 heteroatoms. The van der Waals surface area contributed by atoms with E-state index in [1.54, 1.807) is 54.6 Å². The number of ether oxygens (including phenoxy) is 3. The smallest absolute Gasteiger partial charge is 0.416 e. The van der Waals surface area contributed by atoms with E-state index in [0.29, 0.717) is 29.4 Å². The molecule has 0 amide bonds. The van der Waals surface area contributed by atoms with Gasteiger partial charge in [-0.25, -0.2) is 0 Å². The van der Waals surface area contributed by atoms with Gasteiger partial charge in [-0.3, -0.25) is 4.79 Å². The Kier molecular flexibility index (Phi) is 7.90. The summed E-state index contributed by atoms with van der Waals surface area (Å²) in [4.78, 5) is 10.9. The fourth-order valence-corrected chi connectivity index (χ4v) is 3.81. The molecule has 0 saturated carbocycles. The van der Waals surface area contributed by atoms with Crippen LogP contribution in [0.3, 0.4) is 0 Å². The van der Waals surface area contributed by atoms with Gasteiger partial charge in [0, 0.05) is 12.5 Å². The van der Waals surface area contributed by atoms with Crippen molar-refractivity contribution >= 4 is 5.97 Å². The average molecular weight is 523 g/mol. The molecule has 0 heterocycles. The van der Waals surface area contributed by atoms with E-state index in [2.05, 4.69) is 0 Å². The maximum atomic E-state index is 13.4. The van der Waals surface area contributed by atoms with Gasteiger partial charge >= 0.3 is 12.1 Å². The van der Waals surface area contributed by atoms with Crippen molar-refractivity contribution in [3.63, 3.8) is 0 Å². The predicted octanol–water partition coefficient (Wildman–Crippen LogP) is 8.72. The lowest BCUT2D eigenvalue weighted by Crippen LogP contribution is -2.05. The zero-order chi connectivity index (χ0) is 27.3. The summed E-state index contributed by atoms with van der Waals surface area (Å²) in [6, 6.07) is 22.1. The largest absolute Gasteiger partial charge is 0.481 e. The van der Waals surface area contributed by atoms with Crippen LogP contribution in [0.25, 0.3) is 0 Å². The van der Waals surface area contributed by atoms with Crippen LogP contribution in [0.4, 0.5) is 13.2 Å². The van der Waals surface area contributed by atoms with Gasteiger partial charge < -0.3 is 19.3 Å². The number of aliphatic carboxylic acids is 1. The third-order valence-corrected chi connectivity index (χ3v) is 5.65. The number of halogens is 3. The molecule has 0 aliphatic carbocycles. The lowest BCUT2D eigenvalue weighted by molar-refractivity contribution is -0.138. The van der Waals surface area contributed by atoms with E-state index in [0.717, 1.165) is 28.8 Å². The van der Waals surface area contributed by atoms with Gasteiger partial charge in [0.1, 0.15) is 23.0 Å². The molecular weight excluding hydrogens is 497 g/mol. The molecule has 4 aromatic rings. The summed E-state index contributed by atoms with van der Waals surface area (Å²) >= 11 is 0. The molecule has 0 aromatic heterocycles. The Bertz CT molecular complexity index is 1430. The lowest BCUT2D eigenvalue weighted by Gasteiger charge is -2.16. The Hall–Kier alpha value is -4.46. The quantitative estimate of drug-likeness (QED) is 0.238. The molecule has 0 fully saturated rings. The Labute approximate surface area is 218 Å². The summed E-state index contributed by atoms with van der Waals surface area (Å²) in [5, 5.41) is 8.92. The van der Waals surface area contributed by atoms with E-state index >= 15 is 0 Å². The van der Waals surface area contributed by atoms with Crippen molar-refractivity contribution in [3.8, 4) is 34.5 Å². The van der Waals surface area contributed by atoms with Crippen molar-refractivity contribution < 1.29 is 37.3 Å². The molecule has 0 atom stereocenters. The third kappa shape index (κ3) is 7.06. The second-order valence-corrected chi connectivity index (χ2v) is 8.74. The minimum absolute atomic E-state index is 0.0412. The number of rotatable bonds is 9. The van der Waals surface area contributed by atoms with Crippen molar-refractivity contribution in [3.05, 3.63) is 107 Å². The highest BCUT2D eigenvalue weighted by molar-refractivity contribution is 5.67. The number of carbonyl (C=O) groups is 1. The number of hydrogen-bond acceptors (Lipinski definition) is 4. The van der Waals surface area contributed by atoms with Gasteiger partial charge in [-0.1, -0.05) is 24.3 Å². The highest BCUT2D eigenvalue weighted by atomic mass is 19.4. The van der Waals surface area contributed by atoms with Gasteiger partial charge in [0.2, 0.25) is 0 Å². The normalized spacial score (nSPS) is 11.2. The molecule has 0 aliphatic rings. The van der Waals surface area contributed by atoms with Gasteiger partial charge in [0.15, 0.2) is 11.5 Å². The van der Waals surface area contributed by atoms with E-state index in [1.807, 2.05) is 26.0 Å². The molecule has 5 nitrogen and oxygen atoms in total. The highest BCUT2D eigenvalue weighted by Gasteiger charge is 2.31. The Morgan fingerprint density at radius 3 is 2.08 bits per heavy atom. The van der Waals surface area contributed by atoms with E-state index in [9.17, 15) is 18.0 Å². The molecule has 0 aliphatic heterocycles. The van der Waals surface area contributed by atoms with E-state index in [4.69, 9.17) is 19.3 Å². The fourth-order valence-electron chi connectivity index (χ4n) is 3.81. The van der Waals surface area contributed by atoms with Crippen molar-refractivity contribution in [2.75, 3.05) is 0 Å². The van der Waals surface area contributed by atoms with Gasteiger partial charge in [-0.05, 0) is 91.6 Å². The van der Waals surface area contributed by atoms with Crippen LogP contribution >= 0.6 is 0 Å². The lowest BCUT2D eigenvalue weighted by atomic mass is 10.0. The van der Waals surface area contributed by atoms with Gasteiger partial charge in [-0.15, -0.1) is 0 Å². The first-order chi connectivity index (χ1) is 18.1. The van der Waals surface area contributed by atoms with E-state index in [1.165, 1.54) is 6.07 Å². The summed E-state index contributed by atoms with van der Waals surface area (Å²) in [5.41, 5.74) is 1.78. The summed E-state index contributed by atoms with van der Waals surface area (Å²) in [6.07, 6.45) is -4.08. The summed E-state index contributed by atoms with van der Waals surface area (Å²) in [6.45, 7) is 3.72. The maximum absolute atomic E-state index is 13.4. The van der Waals surface area contributed by atoms with E-state index < -0.39 is 17.7 Å². The third-order valence-electron chi connectivity index (χ3n) is 5.65. The number of benzene rings is 4. The maximum Gasteiger partial charge on any atom is 0.416 e. The monoisotopic (exact) mass is 522 g/mol. The highest BCUT2D eigenvalue weighted by Crippen LogP contribution is 2.41. The molecule has 0 saturated heterocycles. The van der Waals surface area contributed by atoms with Crippen LogP contribution in [-0.4, -0.2) is 11.1 Å². The number of carboxylic acid groups (broad SMARTS) is 1. The van der Waals surface area contributed by atoms with E-state index in [-0.39, 0.29) is 17.9 Å². The predicted molar refractivity (Wildman–Crippen MR) is 136 cm³/mol. The molecule has 0 radical (unpaired) electrons. The van der Waals surface area contributed by atoms with Crippen LogP contribution in [-0.2, 0) is 17.4 Å². The Morgan fingerprint density at radius 2 is 1.42 bits per heavy atom. The summed E-state index contributed by atoms with van der Waals surface area (Å²) in [5.74, 6) is 0.914. The molecule has 0 unspecified atom stereocenters. The Morgan fingerprint density at radius 1 is 0.737 bits per heavy atom. The molecule has 4 rings (SSSR count). The Balaban J connectivity index is 1.59. The molecule has 196 valence electrons. The molecule has 4 aromatic carbocycles. The summed E-state index contributed by atoms with van der Waals surface area (Å²) < 4.78 is 57.8. The zero-order valence-corrected chi connectivity index (χ0v) is 20.7. The molecule has 0 spiro atoms. The van der Waals surface area contributed by atoms with Crippen molar-refractivity contribution in [1.29, 1.82) is 0 Å². The van der Waals surface area contributed by atoms with Crippen LogP contribution in [0.1, 0.15) is 28.7 Å². The van der Waals surface area contributed by atoms with Crippen LogP contribution in [0, 0.1) is 13.8 Å². The number of carboxylic acids is 1. The molecule has 38 heavy (non-hydrogen) atoms. The van der Waals surface area contributed by atoms with Crippen LogP contribution in [0.2, 0.25) is 0 Å². The molecule has 0 bridgehead atoms. The number of para-hydroxylation sites is 1. The molecule has 1 N–H and O–H groups in total. The van der Waals surface area contributed by atoms with Gasteiger partial charge in [-0.2, -0.15) is 13.2 Å². The zero-order valence-electron chi connectivity index (χ0n) is 20.7. The minimum Gasteiger partial charge on any atom is -0.481 e. The van der Waals surface area contributed by atoms with Crippen molar-refractivity contribution in [2.45, 2.75) is 32.9 Å². The topological polar surface area (TPSA) is 65.0 Å².